The van der Waals surface area contributed by atoms with Crippen molar-refractivity contribution in [3.63, 3.8) is 0 Å². The van der Waals surface area contributed by atoms with Gasteiger partial charge in [-0.15, -0.1) is 0 Å². The summed E-state index contributed by atoms with van der Waals surface area (Å²) in [6.45, 7) is 2.02. The van der Waals surface area contributed by atoms with Crippen molar-refractivity contribution in [3.8, 4) is 0 Å². The van der Waals surface area contributed by atoms with E-state index in [1.807, 2.05) is 25.1 Å². The molecule has 0 amide bonds. The van der Waals surface area contributed by atoms with Crippen LogP contribution in [0.4, 0.5) is 17.5 Å². The van der Waals surface area contributed by atoms with Crippen LogP contribution in [0.1, 0.15) is 5.56 Å². The molecule has 88 valence electrons. The topological polar surface area (TPSA) is 75.9 Å². The molecule has 1 aromatic carbocycles. The molecular formula is C11H12BrN5. The van der Waals surface area contributed by atoms with Crippen LogP contribution in [-0.4, -0.2) is 9.97 Å². The van der Waals surface area contributed by atoms with Gasteiger partial charge < -0.3 is 5.32 Å². The number of hydrogen-bond donors (Lipinski definition) is 3. The number of nitrogens with zero attached hydrogens (tertiary/aromatic N) is 2. The first-order valence-electron chi connectivity index (χ1n) is 5.02. The van der Waals surface area contributed by atoms with Gasteiger partial charge in [-0.25, -0.2) is 10.8 Å². The molecule has 0 saturated carbocycles. The molecule has 0 aliphatic carbocycles. The van der Waals surface area contributed by atoms with Gasteiger partial charge in [-0.2, -0.15) is 4.98 Å². The fourth-order valence-electron chi connectivity index (χ4n) is 1.38. The van der Waals surface area contributed by atoms with Crippen LogP contribution in [0.15, 0.2) is 34.9 Å². The van der Waals surface area contributed by atoms with Gasteiger partial charge in [-0.3, -0.25) is 5.43 Å². The van der Waals surface area contributed by atoms with Crippen LogP contribution in [0, 0.1) is 6.92 Å². The zero-order valence-electron chi connectivity index (χ0n) is 9.24. The average Bonchev–Trinajstić information content (AvgIpc) is 2.35. The predicted octanol–water partition coefficient (Wildman–Crippen LogP) is 2.58. The second-order valence-corrected chi connectivity index (χ2v) is 4.30. The van der Waals surface area contributed by atoms with Gasteiger partial charge in [0.05, 0.1) is 0 Å². The van der Waals surface area contributed by atoms with Crippen molar-refractivity contribution in [1.29, 1.82) is 0 Å². The molecule has 0 saturated heterocycles. The summed E-state index contributed by atoms with van der Waals surface area (Å²) in [7, 11) is 0. The van der Waals surface area contributed by atoms with Crippen molar-refractivity contribution in [3.05, 3.63) is 40.5 Å². The third-order valence-electron chi connectivity index (χ3n) is 2.32. The first-order valence-corrected chi connectivity index (χ1v) is 5.82. The minimum atomic E-state index is 0.377. The molecule has 0 aliphatic heterocycles. The predicted molar refractivity (Wildman–Crippen MR) is 72.0 cm³/mol. The third kappa shape index (κ3) is 2.72. The Kier molecular flexibility index (Phi) is 3.55. The quantitative estimate of drug-likeness (QED) is 0.599. The van der Waals surface area contributed by atoms with E-state index in [9.17, 15) is 0 Å². The Bertz CT molecular complexity index is 529. The van der Waals surface area contributed by atoms with E-state index in [4.69, 9.17) is 5.84 Å². The zero-order chi connectivity index (χ0) is 12.3. The van der Waals surface area contributed by atoms with Gasteiger partial charge in [0.2, 0.25) is 5.95 Å². The van der Waals surface area contributed by atoms with Crippen molar-refractivity contribution in [2.24, 2.45) is 5.84 Å². The Morgan fingerprint density at radius 3 is 2.88 bits per heavy atom. The van der Waals surface area contributed by atoms with Gasteiger partial charge in [0.15, 0.2) is 0 Å². The van der Waals surface area contributed by atoms with E-state index in [0.717, 1.165) is 15.7 Å². The summed E-state index contributed by atoms with van der Waals surface area (Å²) in [5.41, 5.74) is 4.51. The fourth-order valence-corrected chi connectivity index (χ4v) is 1.74. The van der Waals surface area contributed by atoms with Gasteiger partial charge in [0.25, 0.3) is 0 Å². The summed E-state index contributed by atoms with van der Waals surface area (Å²) in [5.74, 6) is 6.32. The number of benzene rings is 1. The number of hydrazine groups is 1. The third-order valence-corrected chi connectivity index (χ3v) is 3.17. The Labute approximate surface area is 108 Å². The van der Waals surface area contributed by atoms with Gasteiger partial charge in [0.1, 0.15) is 5.82 Å². The molecule has 2 rings (SSSR count). The Morgan fingerprint density at radius 1 is 1.29 bits per heavy atom. The zero-order valence-corrected chi connectivity index (χ0v) is 10.8. The number of aromatic nitrogens is 2. The standard InChI is InChI=1S/C11H12BrN5/c1-7-8(12)3-2-4-9(7)15-10-5-6-14-11(16-10)17-13/h2-6H,13H2,1H3,(H2,14,15,16,17). The summed E-state index contributed by atoms with van der Waals surface area (Å²) >= 11 is 3.48. The second kappa shape index (κ2) is 5.11. The summed E-state index contributed by atoms with van der Waals surface area (Å²) in [5, 5.41) is 3.21. The fraction of sp³-hybridized carbons (Fsp3) is 0.0909. The molecular weight excluding hydrogens is 282 g/mol. The van der Waals surface area contributed by atoms with Gasteiger partial charge in [-0.05, 0) is 30.7 Å². The largest absolute Gasteiger partial charge is 0.340 e. The maximum absolute atomic E-state index is 5.26. The minimum absolute atomic E-state index is 0.377. The van der Waals surface area contributed by atoms with E-state index in [2.05, 4.69) is 36.6 Å². The highest BCUT2D eigenvalue weighted by Gasteiger charge is 2.03. The maximum atomic E-state index is 5.26. The van der Waals surface area contributed by atoms with Crippen LogP contribution in [0.5, 0.6) is 0 Å². The van der Waals surface area contributed by atoms with E-state index < -0.39 is 0 Å². The smallest absolute Gasteiger partial charge is 0.239 e. The highest BCUT2D eigenvalue weighted by Crippen LogP contribution is 2.25. The molecule has 0 atom stereocenters. The van der Waals surface area contributed by atoms with Crippen LogP contribution < -0.4 is 16.6 Å². The lowest BCUT2D eigenvalue weighted by atomic mass is 10.2. The van der Waals surface area contributed by atoms with Crippen molar-refractivity contribution in [2.75, 3.05) is 10.7 Å². The van der Waals surface area contributed by atoms with E-state index in [-0.39, 0.29) is 0 Å². The van der Waals surface area contributed by atoms with E-state index in [0.29, 0.717) is 11.8 Å². The van der Waals surface area contributed by atoms with E-state index in [1.54, 1.807) is 12.3 Å². The first-order chi connectivity index (χ1) is 8.20. The molecule has 0 fully saturated rings. The number of nitrogen functional groups attached to an aromatic ring is 1. The van der Waals surface area contributed by atoms with E-state index in [1.165, 1.54) is 0 Å². The van der Waals surface area contributed by atoms with Gasteiger partial charge in [0, 0.05) is 16.4 Å². The Balaban J connectivity index is 2.28. The summed E-state index contributed by atoms with van der Waals surface area (Å²) in [4.78, 5) is 8.13. The Hall–Kier alpha value is -1.66. The molecule has 2 aromatic rings. The normalized spacial score (nSPS) is 10.1. The number of hydrogen-bond acceptors (Lipinski definition) is 5. The maximum Gasteiger partial charge on any atom is 0.239 e. The lowest BCUT2D eigenvalue weighted by Gasteiger charge is -2.10. The number of rotatable bonds is 3. The van der Waals surface area contributed by atoms with Gasteiger partial charge in [-0.1, -0.05) is 22.0 Å². The lowest BCUT2D eigenvalue weighted by Crippen LogP contribution is -2.11. The first kappa shape index (κ1) is 11.8. The molecule has 0 bridgehead atoms. The lowest BCUT2D eigenvalue weighted by molar-refractivity contribution is 1.12. The molecule has 1 aromatic heterocycles. The number of nitrogens with two attached hydrogens (primary N) is 1. The highest BCUT2D eigenvalue weighted by molar-refractivity contribution is 9.10. The second-order valence-electron chi connectivity index (χ2n) is 3.45. The SMILES string of the molecule is Cc1c(Br)cccc1Nc1ccnc(NN)n1. The number of halogens is 1. The van der Waals surface area contributed by atoms with Crippen LogP contribution in [0.25, 0.3) is 0 Å². The molecule has 0 aliphatic rings. The van der Waals surface area contributed by atoms with Crippen LogP contribution in [0.3, 0.4) is 0 Å². The summed E-state index contributed by atoms with van der Waals surface area (Å²) in [6.07, 6.45) is 1.64. The molecule has 4 N–H and O–H groups in total. The molecule has 1 heterocycles. The highest BCUT2D eigenvalue weighted by atomic mass is 79.9. The summed E-state index contributed by atoms with van der Waals surface area (Å²) < 4.78 is 1.05. The average molecular weight is 294 g/mol. The number of nitrogens with one attached hydrogen (secondary N) is 2. The van der Waals surface area contributed by atoms with Gasteiger partial charge >= 0.3 is 0 Å². The monoisotopic (exact) mass is 293 g/mol. The van der Waals surface area contributed by atoms with Crippen LogP contribution >= 0.6 is 15.9 Å². The number of anilines is 3. The summed E-state index contributed by atoms with van der Waals surface area (Å²) in [6, 6.07) is 7.72. The minimum Gasteiger partial charge on any atom is -0.340 e. The van der Waals surface area contributed by atoms with E-state index >= 15 is 0 Å². The molecule has 0 spiro atoms. The van der Waals surface area contributed by atoms with Crippen molar-refractivity contribution < 1.29 is 0 Å². The molecule has 6 heteroatoms. The van der Waals surface area contributed by atoms with Crippen molar-refractivity contribution in [2.45, 2.75) is 6.92 Å². The molecule has 17 heavy (non-hydrogen) atoms. The molecule has 0 radical (unpaired) electrons. The van der Waals surface area contributed by atoms with Crippen LogP contribution in [0.2, 0.25) is 0 Å². The Morgan fingerprint density at radius 2 is 2.12 bits per heavy atom. The van der Waals surface area contributed by atoms with Crippen molar-refractivity contribution in [1.82, 2.24) is 9.97 Å². The molecule has 0 unspecified atom stereocenters. The van der Waals surface area contributed by atoms with Crippen molar-refractivity contribution >= 4 is 33.4 Å². The molecule has 5 nitrogen and oxygen atoms in total. The van der Waals surface area contributed by atoms with Crippen LogP contribution in [-0.2, 0) is 0 Å².